The highest BCUT2D eigenvalue weighted by Gasteiger charge is 1.98. The summed E-state index contributed by atoms with van der Waals surface area (Å²) in [6, 6.07) is 11.4. The van der Waals surface area contributed by atoms with Crippen LogP contribution < -0.4 is 5.73 Å². The molecule has 16 heavy (non-hydrogen) atoms. The second kappa shape index (κ2) is 5.18. The van der Waals surface area contributed by atoms with Crippen LogP contribution in [0.15, 0.2) is 41.4 Å². The van der Waals surface area contributed by atoms with E-state index in [0.29, 0.717) is 5.82 Å². The zero-order valence-corrected chi connectivity index (χ0v) is 10.0. The molecule has 1 heterocycles. The maximum absolute atomic E-state index is 5.80. The number of benzene rings is 1. The summed E-state index contributed by atoms with van der Waals surface area (Å²) in [5.74, 6) is 1.28. The van der Waals surface area contributed by atoms with E-state index in [1.165, 1.54) is 5.56 Å². The Labute approximate surface area is 103 Å². The Bertz CT molecular complexity index is 410. The van der Waals surface area contributed by atoms with Crippen molar-refractivity contribution in [3.8, 4) is 0 Å². The van der Waals surface area contributed by atoms with E-state index in [0.717, 1.165) is 15.8 Å². The highest BCUT2D eigenvalue weighted by Crippen LogP contribution is 2.21. The Morgan fingerprint density at radius 1 is 1.06 bits per heavy atom. The van der Waals surface area contributed by atoms with Gasteiger partial charge in [-0.2, -0.15) is 0 Å². The third-order valence-corrected chi connectivity index (χ3v) is 3.20. The van der Waals surface area contributed by atoms with Crippen LogP contribution >= 0.6 is 23.4 Å². The van der Waals surface area contributed by atoms with Crippen LogP contribution in [0.2, 0.25) is 5.02 Å². The Balaban J connectivity index is 1.97. The van der Waals surface area contributed by atoms with E-state index < -0.39 is 0 Å². The van der Waals surface area contributed by atoms with E-state index in [4.69, 9.17) is 17.3 Å². The molecule has 0 unspecified atom stereocenters. The molecule has 1 aromatic carbocycles. The fourth-order valence-electron chi connectivity index (χ4n) is 1.15. The summed E-state index contributed by atoms with van der Waals surface area (Å²) in [5.41, 5.74) is 6.65. The SMILES string of the molecule is Nc1ccc(SCc2ccc(Cl)cc2)nn1. The number of hydrogen-bond acceptors (Lipinski definition) is 4. The molecule has 0 bridgehead atoms. The summed E-state index contributed by atoms with van der Waals surface area (Å²) >= 11 is 7.42. The fourth-order valence-corrected chi connectivity index (χ4v) is 2.04. The predicted molar refractivity (Wildman–Crippen MR) is 67.5 cm³/mol. The first-order valence-corrected chi connectivity index (χ1v) is 6.07. The molecule has 0 aliphatic heterocycles. The van der Waals surface area contributed by atoms with Gasteiger partial charge < -0.3 is 5.73 Å². The number of aromatic nitrogens is 2. The lowest BCUT2D eigenvalue weighted by Gasteiger charge is -2.01. The molecule has 0 spiro atoms. The van der Waals surface area contributed by atoms with Crippen LogP contribution in [-0.4, -0.2) is 10.2 Å². The van der Waals surface area contributed by atoms with Crippen LogP contribution in [0.25, 0.3) is 0 Å². The van der Waals surface area contributed by atoms with Gasteiger partial charge in [0.05, 0.1) is 0 Å². The van der Waals surface area contributed by atoms with Crippen LogP contribution in [-0.2, 0) is 5.75 Å². The van der Waals surface area contributed by atoms with E-state index in [1.54, 1.807) is 17.8 Å². The van der Waals surface area contributed by atoms with Crippen LogP contribution in [0.1, 0.15) is 5.56 Å². The van der Waals surface area contributed by atoms with Crippen molar-refractivity contribution in [2.24, 2.45) is 0 Å². The zero-order valence-electron chi connectivity index (χ0n) is 8.43. The van der Waals surface area contributed by atoms with Gasteiger partial charge >= 0.3 is 0 Å². The van der Waals surface area contributed by atoms with Crippen molar-refractivity contribution < 1.29 is 0 Å². The van der Waals surface area contributed by atoms with Gasteiger partial charge in [-0.1, -0.05) is 35.5 Å². The molecule has 2 aromatic rings. The Morgan fingerprint density at radius 2 is 1.81 bits per heavy atom. The second-order valence-corrected chi connectivity index (χ2v) is 4.64. The molecule has 0 saturated carbocycles. The molecule has 0 atom stereocenters. The summed E-state index contributed by atoms with van der Waals surface area (Å²) in [6.45, 7) is 0. The van der Waals surface area contributed by atoms with Crippen molar-refractivity contribution in [3.63, 3.8) is 0 Å². The number of nitrogen functional groups attached to an aromatic ring is 1. The van der Waals surface area contributed by atoms with Gasteiger partial charge in [0.2, 0.25) is 0 Å². The molecule has 2 rings (SSSR count). The molecule has 5 heteroatoms. The van der Waals surface area contributed by atoms with Crippen molar-refractivity contribution in [1.29, 1.82) is 0 Å². The number of thioether (sulfide) groups is 1. The topological polar surface area (TPSA) is 51.8 Å². The first-order valence-electron chi connectivity index (χ1n) is 4.70. The van der Waals surface area contributed by atoms with Crippen LogP contribution in [0.5, 0.6) is 0 Å². The van der Waals surface area contributed by atoms with Gasteiger partial charge in [0.15, 0.2) is 0 Å². The van der Waals surface area contributed by atoms with E-state index in [9.17, 15) is 0 Å². The van der Waals surface area contributed by atoms with E-state index in [-0.39, 0.29) is 0 Å². The van der Waals surface area contributed by atoms with Gasteiger partial charge in [0.25, 0.3) is 0 Å². The van der Waals surface area contributed by atoms with Crippen molar-refractivity contribution in [2.45, 2.75) is 10.8 Å². The van der Waals surface area contributed by atoms with Crippen molar-refractivity contribution in [3.05, 3.63) is 47.0 Å². The normalized spacial score (nSPS) is 10.3. The first-order chi connectivity index (χ1) is 7.74. The van der Waals surface area contributed by atoms with Crippen LogP contribution in [0.4, 0.5) is 5.82 Å². The molecular weight excluding hydrogens is 242 g/mol. The summed E-state index contributed by atoms with van der Waals surface area (Å²) in [4.78, 5) is 0. The lowest BCUT2D eigenvalue weighted by molar-refractivity contribution is 0.938. The summed E-state index contributed by atoms with van der Waals surface area (Å²) in [7, 11) is 0. The molecule has 3 nitrogen and oxygen atoms in total. The minimum atomic E-state index is 0.441. The Kier molecular flexibility index (Phi) is 3.64. The standard InChI is InChI=1S/C11H10ClN3S/c12-9-3-1-8(2-4-9)7-16-11-6-5-10(13)14-15-11/h1-6H,7H2,(H2,13,14). The Hall–Kier alpha value is -1.26. The summed E-state index contributed by atoms with van der Waals surface area (Å²) < 4.78 is 0. The van der Waals surface area contributed by atoms with E-state index in [1.807, 2.05) is 30.3 Å². The van der Waals surface area contributed by atoms with Crippen molar-refractivity contribution in [1.82, 2.24) is 10.2 Å². The van der Waals surface area contributed by atoms with Gasteiger partial charge in [0.1, 0.15) is 10.8 Å². The van der Waals surface area contributed by atoms with Crippen molar-refractivity contribution in [2.75, 3.05) is 5.73 Å². The molecule has 0 aliphatic rings. The molecule has 1 aromatic heterocycles. The number of anilines is 1. The third-order valence-electron chi connectivity index (χ3n) is 1.96. The lowest BCUT2D eigenvalue weighted by Crippen LogP contribution is -1.93. The predicted octanol–water partition coefficient (Wildman–Crippen LogP) is 3.00. The minimum Gasteiger partial charge on any atom is -0.382 e. The maximum Gasteiger partial charge on any atom is 0.146 e. The number of hydrogen-bond donors (Lipinski definition) is 1. The molecule has 82 valence electrons. The molecule has 0 radical (unpaired) electrons. The smallest absolute Gasteiger partial charge is 0.146 e. The number of halogens is 1. The second-order valence-electron chi connectivity index (χ2n) is 3.21. The average molecular weight is 252 g/mol. The van der Waals surface area contributed by atoms with E-state index in [2.05, 4.69) is 10.2 Å². The minimum absolute atomic E-state index is 0.441. The third kappa shape index (κ3) is 3.12. The molecule has 0 amide bonds. The monoisotopic (exact) mass is 251 g/mol. The Morgan fingerprint density at radius 3 is 2.44 bits per heavy atom. The highest BCUT2D eigenvalue weighted by molar-refractivity contribution is 7.98. The number of nitrogens with zero attached hydrogens (tertiary/aromatic N) is 2. The quantitative estimate of drug-likeness (QED) is 0.852. The van der Waals surface area contributed by atoms with Gasteiger partial charge in [0, 0.05) is 10.8 Å². The molecule has 2 N–H and O–H groups in total. The fraction of sp³-hybridized carbons (Fsp3) is 0.0909. The lowest BCUT2D eigenvalue weighted by atomic mass is 10.2. The molecule has 0 aliphatic carbocycles. The van der Waals surface area contributed by atoms with Gasteiger partial charge in [-0.25, -0.2) is 0 Å². The highest BCUT2D eigenvalue weighted by atomic mass is 35.5. The number of nitrogens with two attached hydrogens (primary N) is 1. The maximum atomic E-state index is 5.80. The summed E-state index contributed by atoms with van der Waals surface area (Å²) in [6.07, 6.45) is 0. The molecular formula is C11H10ClN3S. The molecule has 0 saturated heterocycles. The average Bonchev–Trinajstić information content (AvgIpc) is 2.30. The first kappa shape index (κ1) is 11.2. The van der Waals surface area contributed by atoms with Gasteiger partial charge in [-0.15, -0.1) is 10.2 Å². The number of rotatable bonds is 3. The van der Waals surface area contributed by atoms with Gasteiger partial charge in [-0.3, -0.25) is 0 Å². The largest absolute Gasteiger partial charge is 0.382 e. The zero-order chi connectivity index (χ0) is 11.4. The van der Waals surface area contributed by atoms with Crippen LogP contribution in [0, 0.1) is 0 Å². The van der Waals surface area contributed by atoms with Crippen molar-refractivity contribution >= 4 is 29.2 Å². The van der Waals surface area contributed by atoms with Gasteiger partial charge in [-0.05, 0) is 29.8 Å². The van der Waals surface area contributed by atoms with Crippen LogP contribution in [0.3, 0.4) is 0 Å². The van der Waals surface area contributed by atoms with E-state index >= 15 is 0 Å². The summed E-state index contributed by atoms with van der Waals surface area (Å²) in [5, 5.41) is 9.38. The molecule has 0 fully saturated rings.